The molecule has 0 aliphatic carbocycles. The van der Waals surface area contributed by atoms with Crippen molar-refractivity contribution < 1.29 is 4.79 Å². The van der Waals surface area contributed by atoms with E-state index in [9.17, 15) is 9.59 Å². The van der Waals surface area contributed by atoms with E-state index in [0.29, 0.717) is 22.4 Å². The summed E-state index contributed by atoms with van der Waals surface area (Å²) < 4.78 is 2.25. The molecule has 0 spiro atoms. The Morgan fingerprint density at radius 2 is 2.15 bits per heavy atom. The minimum atomic E-state index is -0.258. The van der Waals surface area contributed by atoms with Crippen molar-refractivity contribution in [3.05, 3.63) is 57.2 Å². The average Bonchev–Trinajstić information content (AvgIpc) is 2.43. The largest absolute Gasteiger partial charge is 0.321 e. The normalized spacial score (nSPS) is 10.3. The molecule has 0 atom stereocenters. The second kappa shape index (κ2) is 6.47. The fraction of sp³-hybridized carbons (Fsp3) is 0.214. The number of carbonyl (C=O) groups excluding carboxylic acids is 1. The zero-order chi connectivity index (χ0) is 14.5. The van der Waals surface area contributed by atoms with Crippen LogP contribution in [0.15, 0.2) is 46.1 Å². The lowest BCUT2D eigenvalue weighted by Gasteiger charge is -2.08. The van der Waals surface area contributed by atoms with Gasteiger partial charge in [-0.1, -0.05) is 6.92 Å². The van der Waals surface area contributed by atoms with Crippen molar-refractivity contribution >= 4 is 27.5 Å². The third-order valence-corrected chi connectivity index (χ3v) is 3.16. The van der Waals surface area contributed by atoms with E-state index >= 15 is 0 Å². The highest BCUT2D eigenvalue weighted by atomic mass is 79.9. The summed E-state index contributed by atoms with van der Waals surface area (Å²) in [5.74, 6) is -0.258. The quantitative estimate of drug-likeness (QED) is 0.873. The Balaban J connectivity index is 2.17. The van der Waals surface area contributed by atoms with Crippen molar-refractivity contribution in [1.29, 1.82) is 0 Å². The molecule has 20 heavy (non-hydrogen) atoms. The lowest BCUT2D eigenvalue weighted by Crippen LogP contribution is -2.20. The fourth-order valence-electron chi connectivity index (χ4n) is 1.73. The molecule has 5 nitrogen and oxygen atoms in total. The molecule has 0 radical (unpaired) electrons. The molecule has 1 N–H and O–H groups in total. The van der Waals surface area contributed by atoms with Crippen LogP contribution >= 0.6 is 15.9 Å². The predicted octanol–water partition coefficient (Wildman–Crippen LogP) is 2.67. The monoisotopic (exact) mass is 335 g/mol. The Morgan fingerprint density at radius 3 is 2.80 bits per heavy atom. The van der Waals surface area contributed by atoms with Gasteiger partial charge in [-0.2, -0.15) is 0 Å². The number of aromatic nitrogens is 2. The first kappa shape index (κ1) is 14.5. The Labute approximate surface area is 124 Å². The van der Waals surface area contributed by atoms with Gasteiger partial charge in [0.05, 0.1) is 11.3 Å². The van der Waals surface area contributed by atoms with Gasteiger partial charge in [-0.15, -0.1) is 0 Å². The minimum absolute atomic E-state index is 0.0739. The molecular formula is C14H14BrN3O2. The number of hydrogen-bond acceptors (Lipinski definition) is 3. The van der Waals surface area contributed by atoms with E-state index in [1.807, 2.05) is 6.92 Å². The number of pyridine rings is 2. The van der Waals surface area contributed by atoms with Gasteiger partial charge in [-0.05, 0) is 40.5 Å². The number of rotatable bonds is 4. The minimum Gasteiger partial charge on any atom is -0.321 e. The van der Waals surface area contributed by atoms with Crippen molar-refractivity contribution in [1.82, 2.24) is 9.55 Å². The van der Waals surface area contributed by atoms with Gasteiger partial charge in [0.25, 0.3) is 11.5 Å². The van der Waals surface area contributed by atoms with Crippen LogP contribution in [0.2, 0.25) is 0 Å². The van der Waals surface area contributed by atoms with Crippen LogP contribution in [0.5, 0.6) is 0 Å². The average molecular weight is 336 g/mol. The number of halogens is 1. The van der Waals surface area contributed by atoms with Crippen LogP contribution in [0.3, 0.4) is 0 Å². The Bertz CT molecular complexity index is 665. The van der Waals surface area contributed by atoms with Crippen molar-refractivity contribution in [3.8, 4) is 0 Å². The van der Waals surface area contributed by atoms with Crippen molar-refractivity contribution in [2.45, 2.75) is 19.9 Å². The fourth-order valence-corrected chi connectivity index (χ4v) is 1.97. The van der Waals surface area contributed by atoms with Crippen LogP contribution in [0.25, 0.3) is 0 Å². The molecule has 6 heteroatoms. The zero-order valence-corrected chi connectivity index (χ0v) is 12.6. The van der Waals surface area contributed by atoms with Crippen LogP contribution in [0.4, 0.5) is 5.69 Å². The summed E-state index contributed by atoms with van der Waals surface area (Å²) in [6.07, 6.45) is 3.99. The lowest BCUT2D eigenvalue weighted by molar-refractivity contribution is 0.102. The van der Waals surface area contributed by atoms with E-state index in [0.717, 1.165) is 6.42 Å². The van der Waals surface area contributed by atoms with Gasteiger partial charge >= 0.3 is 0 Å². The molecule has 0 unspecified atom stereocenters. The smallest absolute Gasteiger partial charge is 0.257 e. The molecule has 2 aromatic heterocycles. The Hall–Kier alpha value is -1.95. The molecule has 2 aromatic rings. The summed E-state index contributed by atoms with van der Waals surface area (Å²) in [4.78, 5) is 27.6. The van der Waals surface area contributed by atoms with Crippen LogP contribution < -0.4 is 10.9 Å². The third kappa shape index (κ3) is 3.54. The summed E-state index contributed by atoms with van der Waals surface area (Å²) in [5.41, 5.74) is 0.975. The maximum Gasteiger partial charge on any atom is 0.257 e. The molecule has 0 bridgehead atoms. The molecule has 0 saturated carbocycles. The van der Waals surface area contributed by atoms with Crippen LogP contribution in [-0.2, 0) is 6.54 Å². The summed E-state index contributed by atoms with van der Waals surface area (Å²) >= 11 is 3.22. The third-order valence-electron chi connectivity index (χ3n) is 2.70. The summed E-state index contributed by atoms with van der Waals surface area (Å²) in [6, 6.07) is 6.42. The molecular weight excluding hydrogens is 322 g/mol. The number of nitrogens with one attached hydrogen (secondary N) is 1. The SMILES string of the molecule is CCCn1cc(NC(=O)c2ccc(Br)nc2)ccc1=O. The van der Waals surface area contributed by atoms with E-state index in [-0.39, 0.29) is 11.5 Å². The van der Waals surface area contributed by atoms with E-state index in [1.54, 1.807) is 29.0 Å². The number of aryl methyl sites for hydroxylation is 1. The molecule has 0 fully saturated rings. The van der Waals surface area contributed by atoms with Crippen LogP contribution in [-0.4, -0.2) is 15.5 Å². The number of carbonyl (C=O) groups is 1. The lowest BCUT2D eigenvalue weighted by atomic mass is 10.2. The van der Waals surface area contributed by atoms with E-state index in [4.69, 9.17) is 0 Å². The topological polar surface area (TPSA) is 64.0 Å². The van der Waals surface area contributed by atoms with Gasteiger partial charge in [-0.3, -0.25) is 9.59 Å². The molecule has 0 aliphatic rings. The van der Waals surface area contributed by atoms with Gasteiger partial charge in [-0.25, -0.2) is 4.98 Å². The van der Waals surface area contributed by atoms with Crippen molar-refractivity contribution in [2.24, 2.45) is 0 Å². The molecule has 0 aliphatic heterocycles. The van der Waals surface area contributed by atoms with E-state index < -0.39 is 0 Å². The van der Waals surface area contributed by atoms with Gasteiger partial charge in [0.2, 0.25) is 0 Å². The van der Waals surface area contributed by atoms with Crippen LogP contribution in [0, 0.1) is 0 Å². The van der Waals surface area contributed by atoms with Crippen LogP contribution in [0.1, 0.15) is 23.7 Å². The molecule has 2 heterocycles. The first-order valence-electron chi connectivity index (χ1n) is 6.23. The Morgan fingerprint density at radius 1 is 1.35 bits per heavy atom. The number of nitrogens with zero attached hydrogens (tertiary/aromatic N) is 2. The van der Waals surface area contributed by atoms with Gasteiger partial charge < -0.3 is 9.88 Å². The van der Waals surface area contributed by atoms with E-state index in [1.165, 1.54) is 12.3 Å². The summed E-state index contributed by atoms with van der Waals surface area (Å²) in [6.45, 7) is 2.62. The molecule has 1 amide bonds. The van der Waals surface area contributed by atoms with E-state index in [2.05, 4.69) is 26.2 Å². The van der Waals surface area contributed by atoms with Crippen molar-refractivity contribution in [2.75, 3.05) is 5.32 Å². The maximum absolute atomic E-state index is 12.0. The highest BCUT2D eigenvalue weighted by molar-refractivity contribution is 9.10. The van der Waals surface area contributed by atoms with Gasteiger partial charge in [0, 0.05) is 25.0 Å². The standard InChI is InChI=1S/C14H14BrN3O2/c1-2-7-18-9-11(4-6-13(18)19)17-14(20)10-3-5-12(15)16-8-10/h3-6,8-9H,2,7H2,1H3,(H,17,20). The number of anilines is 1. The second-order valence-electron chi connectivity index (χ2n) is 4.27. The summed E-state index contributed by atoms with van der Waals surface area (Å²) in [7, 11) is 0. The number of hydrogen-bond donors (Lipinski definition) is 1. The summed E-state index contributed by atoms with van der Waals surface area (Å²) in [5, 5.41) is 2.75. The molecule has 104 valence electrons. The van der Waals surface area contributed by atoms with Crippen molar-refractivity contribution in [3.63, 3.8) is 0 Å². The number of amides is 1. The maximum atomic E-state index is 12.0. The molecule has 0 aromatic carbocycles. The van der Waals surface area contributed by atoms with Gasteiger partial charge in [0.15, 0.2) is 0 Å². The zero-order valence-electron chi connectivity index (χ0n) is 11.0. The predicted molar refractivity (Wildman–Crippen MR) is 80.9 cm³/mol. The second-order valence-corrected chi connectivity index (χ2v) is 5.09. The molecule has 2 rings (SSSR count). The molecule has 0 saturated heterocycles. The first-order chi connectivity index (χ1) is 9.60. The van der Waals surface area contributed by atoms with Gasteiger partial charge in [0.1, 0.15) is 4.60 Å². The highest BCUT2D eigenvalue weighted by Gasteiger charge is 2.07. The highest BCUT2D eigenvalue weighted by Crippen LogP contribution is 2.10. The Kier molecular flexibility index (Phi) is 4.68. The first-order valence-corrected chi connectivity index (χ1v) is 7.03.